The molecule has 0 atom stereocenters. The van der Waals surface area contributed by atoms with Crippen molar-refractivity contribution in [2.24, 2.45) is 5.92 Å². The minimum Gasteiger partial charge on any atom is -0.481 e. The second-order valence-electron chi connectivity index (χ2n) is 9.16. The van der Waals surface area contributed by atoms with E-state index in [9.17, 15) is 14.3 Å². The third-order valence-electron chi connectivity index (χ3n) is 6.59. The Balaban J connectivity index is 1.28. The van der Waals surface area contributed by atoms with Gasteiger partial charge in [-0.3, -0.25) is 4.79 Å². The van der Waals surface area contributed by atoms with E-state index in [1.165, 1.54) is 6.20 Å². The van der Waals surface area contributed by atoms with Crippen LogP contribution >= 0.6 is 0 Å². The lowest BCUT2D eigenvalue weighted by molar-refractivity contribution is -0.142. The van der Waals surface area contributed by atoms with Crippen LogP contribution in [0.5, 0.6) is 5.88 Å². The number of nitrogens with one attached hydrogen (secondary N) is 1. The van der Waals surface area contributed by atoms with Crippen molar-refractivity contribution in [1.82, 2.24) is 15.0 Å². The van der Waals surface area contributed by atoms with E-state index in [0.717, 1.165) is 16.7 Å². The molecule has 4 aromatic rings. The highest BCUT2D eigenvalue weighted by Crippen LogP contribution is 2.29. The maximum Gasteiger partial charge on any atom is 0.306 e. The molecule has 2 N–H and O–H groups in total. The molecule has 1 aliphatic carbocycles. The Kier molecular flexibility index (Phi) is 7.35. The van der Waals surface area contributed by atoms with E-state index in [1.807, 2.05) is 66.7 Å². The van der Waals surface area contributed by atoms with Crippen LogP contribution in [-0.4, -0.2) is 32.1 Å². The van der Waals surface area contributed by atoms with Gasteiger partial charge < -0.3 is 15.2 Å². The Hall–Kier alpha value is -4.33. The van der Waals surface area contributed by atoms with Crippen molar-refractivity contribution >= 4 is 11.9 Å². The van der Waals surface area contributed by atoms with Crippen LogP contribution < -0.4 is 10.1 Å². The molecule has 2 aromatic carbocycles. The summed E-state index contributed by atoms with van der Waals surface area (Å²) in [7, 11) is 0. The van der Waals surface area contributed by atoms with Gasteiger partial charge in [-0.15, -0.1) is 0 Å². The number of hydrogen-bond acceptors (Lipinski definition) is 6. The summed E-state index contributed by atoms with van der Waals surface area (Å²) in [5.74, 6) is -0.700. The lowest BCUT2D eigenvalue weighted by Gasteiger charge is -2.26. The lowest BCUT2D eigenvalue weighted by Crippen LogP contribution is -2.29. The van der Waals surface area contributed by atoms with Crippen molar-refractivity contribution in [2.75, 3.05) is 5.32 Å². The van der Waals surface area contributed by atoms with Gasteiger partial charge in [0.15, 0.2) is 5.82 Å². The first kappa shape index (κ1) is 24.4. The molecule has 7 nitrogen and oxygen atoms in total. The number of aliphatic carboxylic acids is 1. The normalized spacial score (nSPS) is 17.2. The van der Waals surface area contributed by atoms with E-state index >= 15 is 0 Å². The molecule has 5 rings (SSSR count). The van der Waals surface area contributed by atoms with Crippen molar-refractivity contribution in [3.05, 3.63) is 90.5 Å². The predicted molar refractivity (Wildman–Crippen MR) is 138 cm³/mol. The molecule has 0 radical (unpaired) electrons. The van der Waals surface area contributed by atoms with Crippen LogP contribution in [0.4, 0.5) is 10.3 Å². The molecule has 1 saturated carbocycles. The van der Waals surface area contributed by atoms with Gasteiger partial charge in [-0.1, -0.05) is 48.5 Å². The number of carbonyl (C=O) groups is 1. The molecule has 1 aliphatic rings. The molecule has 0 bridgehead atoms. The molecule has 0 amide bonds. The van der Waals surface area contributed by atoms with Crippen LogP contribution in [0.3, 0.4) is 0 Å². The summed E-state index contributed by atoms with van der Waals surface area (Å²) in [6, 6.07) is 21.2. The maximum atomic E-state index is 14.7. The van der Waals surface area contributed by atoms with Gasteiger partial charge in [0.05, 0.1) is 12.1 Å². The Morgan fingerprint density at radius 1 is 0.919 bits per heavy atom. The van der Waals surface area contributed by atoms with E-state index in [4.69, 9.17) is 4.74 Å². The second kappa shape index (κ2) is 11.2. The number of halogens is 1. The number of carboxylic acids is 1. The van der Waals surface area contributed by atoms with Crippen LogP contribution in [0.2, 0.25) is 0 Å². The smallest absolute Gasteiger partial charge is 0.306 e. The molecule has 188 valence electrons. The number of nitrogens with zero attached hydrogens (tertiary/aromatic N) is 3. The Labute approximate surface area is 214 Å². The van der Waals surface area contributed by atoms with Crippen molar-refractivity contribution in [3.63, 3.8) is 0 Å². The first-order valence-electron chi connectivity index (χ1n) is 12.3. The van der Waals surface area contributed by atoms with E-state index < -0.39 is 11.8 Å². The number of ether oxygens (including phenoxy) is 1. The van der Waals surface area contributed by atoms with Gasteiger partial charge in [-0.25, -0.2) is 19.3 Å². The number of benzene rings is 2. The summed E-state index contributed by atoms with van der Waals surface area (Å²) >= 11 is 0. The molecular formula is C29H27FN4O3. The fraction of sp³-hybridized carbons (Fsp3) is 0.241. The number of anilines is 1. The first-order chi connectivity index (χ1) is 18.0. The minimum absolute atomic E-state index is 0.0638. The second-order valence-corrected chi connectivity index (χ2v) is 9.16. The van der Waals surface area contributed by atoms with Gasteiger partial charge in [0.25, 0.3) is 0 Å². The largest absolute Gasteiger partial charge is 0.481 e. The molecular weight excluding hydrogens is 471 g/mol. The average molecular weight is 499 g/mol. The lowest BCUT2D eigenvalue weighted by atomic mass is 9.86. The van der Waals surface area contributed by atoms with E-state index in [-0.39, 0.29) is 17.7 Å². The summed E-state index contributed by atoms with van der Waals surface area (Å²) in [6.07, 6.45) is 5.53. The van der Waals surface area contributed by atoms with Gasteiger partial charge in [0.2, 0.25) is 11.8 Å². The molecule has 2 heterocycles. The summed E-state index contributed by atoms with van der Waals surface area (Å²) in [5, 5.41) is 12.4. The summed E-state index contributed by atoms with van der Waals surface area (Å²) in [6.45, 7) is 0.438. The maximum absolute atomic E-state index is 14.7. The summed E-state index contributed by atoms with van der Waals surface area (Å²) in [4.78, 5) is 24.2. The highest BCUT2D eigenvalue weighted by Gasteiger charge is 2.26. The van der Waals surface area contributed by atoms with Crippen LogP contribution in [0.25, 0.3) is 22.4 Å². The van der Waals surface area contributed by atoms with E-state index in [2.05, 4.69) is 20.3 Å². The molecule has 1 fully saturated rings. The van der Waals surface area contributed by atoms with Gasteiger partial charge in [0, 0.05) is 29.4 Å². The monoisotopic (exact) mass is 498 g/mol. The van der Waals surface area contributed by atoms with Crippen molar-refractivity contribution in [2.45, 2.75) is 38.3 Å². The minimum atomic E-state index is -0.747. The zero-order valence-electron chi connectivity index (χ0n) is 20.2. The topological polar surface area (TPSA) is 97.2 Å². The first-order valence-corrected chi connectivity index (χ1v) is 12.3. The fourth-order valence-corrected chi connectivity index (χ4v) is 4.52. The molecule has 0 spiro atoms. The van der Waals surface area contributed by atoms with Gasteiger partial charge >= 0.3 is 5.97 Å². The number of pyridine rings is 1. The van der Waals surface area contributed by atoms with Crippen molar-refractivity contribution < 1.29 is 19.0 Å². The zero-order valence-corrected chi connectivity index (χ0v) is 20.2. The Bertz CT molecular complexity index is 1360. The predicted octanol–water partition coefficient (Wildman–Crippen LogP) is 5.98. The number of carboxylic acid groups (broad SMARTS) is 1. The number of aromatic nitrogens is 3. The fourth-order valence-electron chi connectivity index (χ4n) is 4.52. The van der Waals surface area contributed by atoms with Gasteiger partial charge in [-0.05, 0) is 48.9 Å². The van der Waals surface area contributed by atoms with E-state index in [1.54, 1.807) is 6.20 Å². The average Bonchev–Trinajstić information content (AvgIpc) is 2.94. The van der Waals surface area contributed by atoms with Gasteiger partial charge in [-0.2, -0.15) is 0 Å². The third kappa shape index (κ3) is 6.09. The quantitative estimate of drug-likeness (QED) is 0.308. The summed E-state index contributed by atoms with van der Waals surface area (Å²) in [5.41, 5.74) is 3.64. The molecule has 37 heavy (non-hydrogen) atoms. The Morgan fingerprint density at radius 3 is 2.43 bits per heavy atom. The highest BCUT2D eigenvalue weighted by molar-refractivity contribution is 5.72. The molecule has 8 heteroatoms. The third-order valence-corrected chi connectivity index (χ3v) is 6.59. The van der Waals surface area contributed by atoms with Crippen molar-refractivity contribution in [1.29, 1.82) is 0 Å². The SMILES string of the molecule is O=C(O)C1CCC(Nc2ncc(F)c(-c3cccc(-c4ccc(OCc5ccccc5)nc4)c3)n2)CC1. The number of rotatable bonds is 8. The molecule has 0 aliphatic heterocycles. The highest BCUT2D eigenvalue weighted by atomic mass is 19.1. The standard InChI is InChI=1S/C29H27FN4O3/c30-25-17-32-29(33-24-12-9-20(10-13-24)28(35)36)34-27(25)22-8-4-7-21(15-22)23-11-14-26(31-16-23)37-18-19-5-2-1-3-6-19/h1-8,11,14-17,20,24H,9-10,12-13,18H2,(H,35,36)(H,32,33,34). The van der Waals surface area contributed by atoms with Crippen LogP contribution in [-0.2, 0) is 11.4 Å². The van der Waals surface area contributed by atoms with Crippen LogP contribution in [0, 0.1) is 11.7 Å². The molecule has 0 unspecified atom stereocenters. The van der Waals surface area contributed by atoms with Crippen LogP contribution in [0.1, 0.15) is 31.2 Å². The molecule has 2 aromatic heterocycles. The number of hydrogen-bond donors (Lipinski definition) is 2. The van der Waals surface area contributed by atoms with Crippen LogP contribution in [0.15, 0.2) is 79.1 Å². The van der Waals surface area contributed by atoms with Crippen molar-refractivity contribution in [3.8, 4) is 28.3 Å². The summed E-state index contributed by atoms with van der Waals surface area (Å²) < 4.78 is 20.5. The van der Waals surface area contributed by atoms with Gasteiger partial charge in [0.1, 0.15) is 12.3 Å². The Morgan fingerprint density at radius 2 is 1.70 bits per heavy atom. The zero-order chi connectivity index (χ0) is 25.6. The molecule has 0 saturated heterocycles. The van der Waals surface area contributed by atoms with E-state index in [0.29, 0.717) is 49.7 Å².